The Hall–Kier alpha value is -1.40. The van der Waals surface area contributed by atoms with E-state index in [0.717, 1.165) is 6.26 Å². The smallest absolute Gasteiger partial charge is 0.312 e. The number of aliphatic carboxylic acids is 1. The second-order valence-electron chi connectivity index (χ2n) is 5.30. The van der Waals surface area contributed by atoms with Crippen LogP contribution in [0.25, 0.3) is 0 Å². The lowest BCUT2D eigenvalue weighted by molar-refractivity contribution is -0.164. The summed E-state index contributed by atoms with van der Waals surface area (Å²) in [7, 11) is -3.31. The molecule has 1 aromatic carbocycles. The number of carbonyl (C=O) groups is 1. The summed E-state index contributed by atoms with van der Waals surface area (Å²) in [5, 5.41) is 19.6. The van der Waals surface area contributed by atoms with E-state index in [4.69, 9.17) is 5.11 Å². The van der Waals surface area contributed by atoms with E-state index in [1.165, 1.54) is 45.0 Å². The number of rotatable bonds is 4. The van der Waals surface area contributed by atoms with Crippen molar-refractivity contribution in [1.82, 2.24) is 0 Å². The van der Waals surface area contributed by atoms with Crippen LogP contribution in [0, 0.1) is 5.41 Å². The largest absolute Gasteiger partial charge is 0.481 e. The Morgan fingerprint density at radius 2 is 1.53 bits per heavy atom. The molecule has 0 heterocycles. The van der Waals surface area contributed by atoms with Crippen molar-refractivity contribution in [3.63, 3.8) is 0 Å². The van der Waals surface area contributed by atoms with Gasteiger partial charge >= 0.3 is 5.97 Å². The minimum Gasteiger partial charge on any atom is -0.481 e. The molecule has 0 radical (unpaired) electrons. The maximum absolute atomic E-state index is 11.3. The van der Waals surface area contributed by atoms with Crippen LogP contribution in [-0.2, 0) is 20.2 Å². The molecule has 1 rings (SSSR count). The summed E-state index contributed by atoms with van der Waals surface area (Å²) in [6, 6.07) is 5.58. The Bertz CT molecular complexity index is 582. The van der Waals surface area contributed by atoms with Crippen molar-refractivity contribution in [3.8, 4) is 0 Å². The molecule has 6 heteroatoms. The average molecular weight is 286 g/mol. The van der Waals surface area contributed by atoms with Crippen LogP contribution in [0.5, 0.6) is 0 Å². The Labute approximate surface area is 112 Å². The first-order valence-corrected chi connectivity index (χ1v) is 7.56. The van der Waals surface area contributed by atoms with Gasteiger partial charge in [0.05, 0.1) is 10.3 Å². The zero-order chi connectivity index (χ0) is 15.1. The maximum Gasteiger partial charge on any atom is 0.312 e. The number of hydrogen-bond acceptors (Lipinski definition) is 4. The van der Waals surface area contributed by atoms with Gasteiger partial charge in [-0.3, -0.25) is 4.79 Å². The predicted octanol–water partition coefficient (Wildman–Crippen LogP) is 1.41. The van der Waals surface area contributed by atoms with Gasteiger partial charge in [0, 0.05) is 6.26 Å². The molecule has 0 spiro atoms. The highest BCUT2D eigenvalue weighted by molar-refractivity contribution is 7.90. The summed E-state index contributed by atoms with van der Waals surface area (Å²) >= 11 is 0. The van der Waals surface area contributed by atoms with E-state index in [1.807, 2.05) is 0 Å². The SMILES string of the molecule is CC(C)(C(=O)O)C(C)(O)c1ccc(S(C)(=O)=O)cc1. The van der Waals surface area contributed by atoms with Gasteiger partial charge in [-0.15, -0.1) is 0 Å². The van der Waals surface area contributed by atoms with E-state index in [2.05, 4.69) is 0 Å². The fourth-order valence-electron chi connectivity index (χ4n) is 1.60. The molecule has 1 unspecified atom stereocenters. The van der Waals surface area contributed by atoms with Crippen LogP contribution in [0.3, 0.4) is 0 Å². The number of carboxylic acid groups (broad SMARTS) is 1. The van der Waals surface area contributed by atoms with Crippen molar-refractivity contribution in [2.24, 2.45) is 5.41 Å². The fraction of sp³-hybridized carbons (Fsp3) is 0.462. The minimum absolute atomic E-state index is 0.125. The lowest BCUT2D eigenvalue weighted by Gasteiger charge is -2.37. The van der Waals surface area contributed by atoms with Gasteiger partial charge in [0.15, 0.2) is 9.84 Å². The minimum atomic E-state index is -3.31. The van der Waals surface area contributed by atoms with Gasteiger partial charge in [-0.1, -0.05) is 12.1 Å². The summed E-state index contributed by atoms with van der Waals surface area (Å²) in [4.78, 5) is 11.3. The van der Waals surface area contributed by atoms with Crippen molar-refractivity contribution in [2.75, 3.05) is 6.26 Å². The number of aliphatic hydroxyl groups is 1. The van der Waals surface area contributed by atoms with Crippen LogP contribution in [0.4, 0.5) is 0 Å². The number of carboxylic acids is 1. The van der Waals surface area contributed by atoms with E-state index in [9.17, 15) is 18.3 Å². The van der Waals surface area contributed by atoms with Gasteiger partial charge in [0.25, 0.3) is 0 Å². The van der Waals surface area contributed by atoms with Crippen molar-refractivity contribution in [3.05, 3.63) is 29.8 Å². The molecule has 0 aliphatic carbocycles. The Morgan fingerprint density at radius 1 is 1.11 bits per heavy atom. The third kappa shape index (κ3) is 2.79. The highest BCUT2D eigenvalue weighted by Crippen LogP contribution is 2.39. The molecule has 0 amide bonds. The molecule has 1 aromatic rings. The molecular formula is C13H18O5S. The van der Waals surface area contributed by atoms with Gasteiger partial charge in [0.2, 0.25) is 0 Å². The normalized spacial score (nSPS) is 15.8. The lowest BCUT2D eigenvalue weighted by atomic mass is 9.72. The third-order valence-corrected chi connectivity index (χ3v) is 4.72. The second-order valence-corrected chi connectivity index (χ2v) is 7.31. The summed E-state index contributed by atoms with van der Waals surface area (Å²) in [6.45, 7) is 4.23. The highest BCUT2D eigenvalue weighted by Gasteiger charge is 2.46. The molecule has 0 aromatic heterocycles. The summed E-state index contributed by atoms with van der Waals surface area (Å²) < 4.78 is 22.7. The highest BCUT2D eigenvalue weighted by atomic mass is 32.2. The standard InChI is InChI=1S/C13H18O5S/c1-12(2,11(14)15)13(3,16)9-5-7-10(8-6-9)19(4,17)18/h5-8,16H,1-4H3,(H,14,15). The van der Waals surface area contributed by atoms with E-state index >= 15 is 0 Å². The van der Waals surface area contributed by atoms with Crippen molar-refractivity contribution in [2.45, 2.75) is 31.3 Å². The second kappa shape index (κ2) is 4.61. The van der Waals surface area contributed by atoms with E-state index in [-0.39, 0.29) is 4.90 Å². The van der Waals surface area contributed by atoms with Crippen LogP contribution in [0.2, 0.25) is 0 Å². The summed E-state index contributed by atoms with van der Waals surface area (Å²) in [6.07, 6.45) is 1.08. The molecule has 0 aliphatic heterocycles. The number of benzene rings is 1. The van der Waals surface area contributed by atoms with Crippen LogP contribution in [-0.4, -0.2) is 30.9 Å². The van der Waals surface area contributed by atoms with E-state index in [1.54, 1.807) is 0 Å². The molecule has 5 nitrogen and oxygen atoms in total. The molecule has 0 aliphatic rings. The first-order valence-electron chi connectivity index (χ1n) is 5.67. The van der Waals surface area contributed by atoms with Gasteiger partial charge in [-0.05, 0) is 38.5 Å². The molecule has 0 saturated carbocycles. The van der Waals surface area contributed by atoms with Crippen LogP contribution in [0.1, 0.15) is 26.3 Å². The number of sulfone groups is 1. The summed E-state index contributed by atoms with van der Waals surface area (Å²) in [5.41, 5.74) is -2.67. The molecule has 0 bridgehead atoms. The predicted molar refractivity (Wildman–Crippen MR) is 70.5 cm³/mol. The van der Waals surface area contributed by atoms with Crippen molar-refractivity contribution in [1.29, 1.82) is 0 Å². The van der Waals surface area contributed by atoms with Crippen LogP contribution < -0.4 is 0 Å². The zero-order valence-electron chi connectivity index (χ0n) is 11.3. The Morgan fingerprint density at radius 3 is 1.84 bits per heavy atom. The topological polar surface area (TPSA) is 91.7 Å². The molecule has 1 atom stereocenters. The lowest BCUT2D eigenvalue weighted by Crippen LogP contribution is -2.45. The molecule has 19 heavy (non-hydrogen) atoms. The third-order valence-electron chi connectivity index (χ3n) is 3.60. The van der Waals surface area contributed by atoms with Gasteiger partial charge in [-0.2, -0.15) is 0 Å². The van der Waals surface area contributed by atoms with Crippen LogP contribution in [0.15, 0.2) is 29.2 Å². The zero-order valence-corrected chi connectivity index (χ0v) is 12.2. The summed E-state index contributed by atoms with van der Waals surface area (Å²) in [5.74, 6) is -1.13. The van der Waals surface area contributed by atoms with Crippen molar-refractivity contribution < 1.29 is 23.4 Å². The molecule has 0 fully saturated rings. The molecular weight excluding hydrogens is 268 g/mol. The number of hydrogen-bond donors (Lipinski definition) is 2. The molecule has 0 saturated heterocycles. The first kappa shape index (κ1) is 15.7. The molecule has 2 N–H and O–H groups in total. The fourth-order valence-corrected chi connectivity index (χ4v) is 2.23. The van der Waals surface area contributed by atoms with E-state index in [0.29, 0.717) is 5.56 Å². The monoisotopic (exact) mass is 286 g/mol. The quantitative estimate of drug-likeness (QED) is 0.873. The molecule has 106 valence electrons. The van der Waals surface area contributed by atoms with E-state index < -0.39 is 26.8 Å². The van der Waals surface area contributed by atoms with Crippen LogP contribution >= 0.6 is 0 Å². The maximum atomic E-state index is 11.3. The Balaban J connectivity index is 3.28. The van der Waals surface area contributed by atoms with Gasteiger partial charge in [-0.25, -0.2) is 8.42 Å². The first-order chi connectivity index (χ1) is 8.40. The van der Waals surface area contributed by atoms with Gasteiger partial charge < -0.3 is 10.2 Å². The van der Waals surface area contributed by atoms with Gasteiger partial charge in [0.1, 0.15) is 5.60 Å². The average Bonchev–Trinajstić information content (AvgIpc) is 2.27. The Kier molecular flexibility index (Phi) is 3.80. The van der Waals surface area contributed by atoms with Crippen molar-refractivity contribution >= 4 is 15.8 Å².